The maximum atomic E-state index is 13.2. The van der Waals surface area contributed by atoms with Crippen LogP contribution < -0.4 is 15.4 Å². The summed E-state index contributed by atoms with van der Waals surface area (Å²) in [6.45, 7) is 3.16. The van der Waals surface area contributed by atoms with Crippen molar-refractivity contribution in [1.29, 1.82) is 0 Å². The topological polar surface area (TPSA) is 70.7 Å². The maximum absolute atomic E-state index is 13.2. The van der Waals surface area contributed by atoms with E-state index in [2.05, 4.69) is 10.6 Å². The van der Waals surface area contributed by atoms with Gasteiger partial charge in [-0.1, -0.05) is 42.5 Å². The Bertz CT molecular complexity index is 865. The van der Waals surface area contributed by atoms with Crippen molar-refractivity contribution in [2.75, 3.05) is 13.2 Å². The average Bonchev–Trinajstić information content (AvgIpc) is 3.44. The molecule has 3 amide bonds. The molecule has 1 saturated heterocycles. The van der Waals surface area contributed by atoms with Gasteiger partial charge >= 0.3 is 6.03 Å². The van der Waals surface area contributed by atoms with Gasteiger partial charge < -0.3 is 20.3 Å². The van der Waals surface area contributed by atoms with Gasteiger partial charge in [0, 0.05) is 12.6 Å². The van der Waals surface area contributed by atoms with Crippen molar-refractivity contribution in [2.45, 2.75) is 50.7 Å². The monoisotopic (exact) mass is 407 g/mol. The number of hydrogen-bond acceptors (Lipinski definition) is 3. The highest BCUT2D eigenvalue weighted by Crippen LogP contribution is 2.26. The van der Waals surface area contributed by atoms with Crippen LogP contribution in [-0.4, -0.2) is 42.1 Å². The van der Waals surface area contributed by atoms with E-state index in [1.165, 1.54) is 0 Å². The molecule has 1 saturated carbocycles. The summed E-state index contributed by atoms with van der Waals surface area (Å²) in [5, 5.41) is 6.20. The fourth-order valence-electron chi connectivity index (χ4n) is 3.94. The lowest BCUT2D eigenvalue weighted by molar-refractivity contribution is -0.124. The third-order valence-electron chi connectivity index (χ3n) is 5.67. The molecule has 0 bridgehead atoms. The summed E-state index contributed by atoms with van der Waals surface area (Å²) >= 11 is 0. The van der Waals surface area contributed by atoms with Crippen molar-refractivity contribution >= 4 is 11.9 Å². The van der Waals surface area contributed by atoms with Crippen molar-refractivity contribution < 1.29 is 14.3 Å². The number of nitrogens with zero attached hydrogens (tertiary/aromatic N) is 1. The second kappa shape index (κ2) is 9.20. The lowest BCUT2D eigenvalue weighted by Gasteiger charge is -2.28. The fraction of sp³-hybridized carbons (Fsp3) is 0.417. The zero-order valence-corrected chi connectivity index (χ0v) is 17.3. The third kappa shape index (κ3) is 4.75. The largest absolute Gasteiger partial charge is 0.494 e. The van der Waals surface area contributed by atoms with Crippen LogP contribution in [-0.2, 0) is 4.79 Å². The fourth-order valence-corrected chi connectivity index (χ4v) is 3.94. The number of carbonyl (C=O) groups excluding carboxylic acids is 2. The maximum Gasteiger partial charge on any atom is 0.318 e. The van der Waals surface area contributed by atoms with Crippen LogP contribution in [0.3, 0.4) is 0 Å². The van der Waals surface area contributed by atoms with E-state index in [1.807, 2.05) is 61.5 Å². The molecule has 1 heterocycles. The summed E-state index contributed by atoms with van der Waals surface area (Å²) in [5.41, 5.74) is 1.96. The highest BCUT2D eigenvalue weighted by atomic mass is 16.5. The Labute approximate surface area is 177 Å². The molecule has 4 rings (SSSR count). The minimum absolute atomic E-state index is 0.0255. The van der Waals surface area contributed by atoms with Crippen LogP contribution in [0.5, 0.6) is 5.75 Å². The summed E-state index contributed by atoms with van der Waals surface area (Å²) in [4.78, 5) is 27.5. The minimum atomic E-state index is -0.387. The Kier molecular flexibility index (Phi) is 6.21. The van der Waals surface area contributed by atoms with Crippen molar-refractivity contribution in [3.63, 3.8) is 0 Å². The Morgan fingerprint density at radius 3 is 2.40 bits per heavy atom. The second-order valence-corrected chi connectivity index (χ2v) is 7.93. The van der Waals surface area contributed by atoms with E-state index in [0.717, 1.165) is 36.1 Å². The summed E-state index contributed by atoms with van der Waals surface area (Å²) in [5.74, 6) is 0.776. The molecule has 2 aliphatic rings. The molecular weight excluding hydrogens is 378 g/mol. The van der Waals surface area contributed by atoms with Crippen LogP contribution in [0.15, 0.2) is 54.6 Å². The second-order valence-electron chi connectivity index (χ2n) is 7.93. The first-order valence-corrected chi connectivity index (χ1v) is 10.8. The Balaban J connectivity index is 1.52. The smallest absolute Gasteiger partial charge is 0.318 e. The van der Waals surface area contributed by atoms with Crippen LogP contribution in [0.1, 0.15) is 49.8 Å². The molecule has 6 heteroatoms. The number of likely N-dealkylation sites (tertiary alicyclic amines) is 1. The lowest BCUT2D eigenvalue weighted by Crippen LogP contribution is -2.50. The van der Waals surface area contributed by atoms with Crippen LogP contribution in [0.25, 0.3) is 0 Å². The van der Waals surface area contributed by atoms with Gasteiger partial charge in [-0.3, -0.25) is 4.79 Å². The first kappa shape index (κ1) is 20.3. The highest BCUT2D eigenvalue weighted by Gasteiger charge is 2.37. The van der Waals surface area contributed by atoms with E-state index >= 15 is 0 Å². The zero-order valence-electron chi connectivity index (χ0n) is 17.3. The van der Waals surface area contributed by atoms with Gasteiger partial charge in [0.25, 0.3) is 0 Å². The van der Waals surface area contributed by atoms with E-state index in [4.69, 9.17) is 4.74 Å². The normalized spacial score (nSPS) is 19.2. The Morgan fingerprint density at radius 2 is 1.73 bits per heavy atom. The third-order valence-corrected chi connectivity index (χ3v) is 5.67. The number of urea groups is 1. The number of benzene rings is 2. The van der Waals surface area contributed by atoms with Crippen molar-refractivity contribution in [1.82, 2.24) is 15.5 Å². The van der Waals surface area contributed by atoms with Crippen molar-refractivity contribution in [3.8, 4) is 5.75 Å². The zero-order chi connectivity index (χ0) is 20.9. The van der Waals surface area contributed by atoms with Crippen LogP contribution in [0.2, 0.25) is 0 Å². The molecule has 2 aromatic carbocycles. The quantitative estimate of drug-likeness (QED) is 0.736. The van der Waals surface area contributed by atoms with E-state index in [0.29, 0.717) is 25.6 Å². The lowest BCUT2D eigenvalue weighted by atomic mass is 9.98. The van der Waals surface area contributed by atoms with Crippen LogP contribution in [0, 0.1) is 0 Å². The van der Waals surface area contributed by atoms with Crippen LogP contribution in [0.4, 0.5) is 4.79 Å². The molecule has 2 N–H and O–H groups in total. The summed E-state index contributed by atoms with van der Waals surface area (Å²) in [6, 6.07) is 17.1. The summed E-state index contributed by atoms with van der Waals surface area (Å²) in [6.07, 6.45) is 3.64. The molecule has 2 unspecified atom stereocenters. The highest BCUT2D eigenvalue weighted by molar-refractivity contribution is 5.88. The van der Waals surface area contributed by atoms with Gasteiger partial charge in [-0.2, -0.15) is 0 Å². The predicted octanol–water partition coefficient (Wildman–Crippen LogP) is 3.63. The number of nitrogens with one attached hydrogen (secondary N) is 2. The number of amides is 3. The van der Waals surface area contributed by atoms with Gasteiger partial charge in [-0.05, 0) is 55.9 Å². The average molecular weight is 408 g/mol. The van der Waals surface area contributed by atoms with E-state index in [1.54, 1.807) is 4.90 Å². The predicted molar refractivity (Wildman–Crippen MR) is 115 cm³/mol. The van der Waals surface area contributed by atoms with Gasteiger partial charge in [-0.25, -0.2) is 4.79 Å². The summed E-state index contributed by atoms with van der Waals surface area (Å²) < 4.78 is 5.55. The van der Waals surface area contributed by atoms with Crippen molar-refractivity contribution in [3.05, 3.63) is 65.7 Å². The first-order chi connectivity index (χ1) is 14.7. The molecule has 0 aromatic heterocycles. The number of carbonyl (C=O) groups is 2. The Morgan fingerprint density at radius 1 is 1.03 bits per heavy atom. The van der Waals surface area contributed by atoms with E-state index < -0.39 is 0 Å². The molecule has 6 nitrogen and oxygen atoms in total. The van der Waals surface area contributed by atoms with Gasteiger partial charge in [0.15, 0.2) is 0 Å². The number of hydrogen-bond donors (Lipinski definition) is 2. The molecule has 1 aliphatic carbocycles. The van der Waals surface area contributed by atoms with Crippen molar-refractivity contribution in [2.24, 2.45) is 0 Å². The Hall–Kier alpha value is -3.02. The first-order valence-electron chi connectivity index (χ1n) is 10.8. The molecule has 1 aliphatic heterocycles. The van der Waals surface area contributed by atoms with E-state index in [-0.39, 0.29) is 24.0 Å². The molecular formula is C24H29N3O3. The minimum Gasteiger partial charge on any atom is -0.494 e. The van der Waals surface area contributed by atoms with Crippen LogP contribution >= 0.6 is 0 Å². The number of rotatable bonds is 7. The molecule has 158 valence electrons. The van der Waals surface area contributed by atoms with Gasteiger partial charge in [0.05, 0.1) is 12.6 Å². The van der Waals surface area contributed by atoms with E-state index in [9.17, 15) is 9.59 Å². The standard InChI is InChI=1S/C24H29N3O3/c1-2-30-20-14-10-18(11-15-20)22(17-7-4-3-5-8-17)26-24(29)27-16-6-9-21(27)23(28)25-19-12-13-19/h3-5,7-8,10-11,14-15,19,21-22H,2,6,9,12-13,16H2,1H3,(H,25,28)(H,26,29). The molecule has 2 atom stereocenters. The molecule has 0 spiro atoms. The SMILES string of the molecule is CCOc1ccc(C(NC(=O)N2CCCC2C(=O)NC2CC2)c2ccccc2)cc1. The molecule has 0 radical (unpaired) electrons. The van der Waals surface area contributed by atoms with Gasteiger partial charge in [0.1, 0.15) is 11.8 Å². The van der Waals surface area contributed by atoms with Gasteiger partial charge in [0.2, 0.25) is 5.91 Å². The molecule has 30 heavy (non-hydrogen) atoms. The molecule has 2 aromatic rings. The van der Waals surface area contributed by atoms with Gasteiger partial charge in [-0.15, -0.1) is 0 Å². The summed E-state index contributed by atoms with van der Waals surface area (Å²) in [7, 11) is 0. The number of ether oxygens (including phenoxy) is 1. The molecule has 2 fully saturated rings.